The van der Waals surface area contributed by atoms with Crippen LogP contribution in [0.2, 0.25) is 5.02 Å². The van der Waals surface area contributed by atoms with E-state index in [4.69, 9.17) is 11.6 Å². The van der Waals surface area contributed by atoms with Crippen LogP contribution in [0, 0.1) is 6.92 Å². The quantitative estimate of drug-likeness (QED) is 0.708. The van der Waals surface area contributed by atoms with E-state index in [9.17, 15) is 9.59 Å². The fraction of sp³-hybridized carbons (Fsp3) is 0.391. The first-order valence-electron chi connectivity index (χ1n) is 9.70. The van der Waals surface area contributed by atoms with Gasteiger partial charge in [0.1, 0.15) is 6.04 Å². The van der Waals surface area contributed by atoms with Gasteiger partial charge in [-0.05, 0) is 44.4 Å². The Morgan fingerprint density at radius 2 is 1.71 bits per heavy atom. The molecule has 2 amide bonds. The molecule has 4 nitrogen and oxygen atoms in total. The third-order valence-corrected chi connectivity index (χ3v) is 5.31. The molecule has 0 aliphatic heterocycles. The van der Waals surface area contributed by atoms with Gasteiger partial charge in [-0.3, -0.25) is 9.59 Å². The molecule has 0 aliphatic rings. The van der Waals surface area contributed by atoms with Gasteiger partial charge >= 0.3 is 0 Å². The van der Waals surface area contributed by atoms with Crippen molar-refractivity contribution >= 4 is 23.4 Å². The molecule has 0 aromatic heterocycles. The van der Waals surface area contributed by atoms with Gasteiger partial charge in [0.25, 0.3) is 0 Å². The van der Waals surface area contributed by atoms with Crippen LogP contribution in [0.1, 0.15) is 43.9 Å². The summed E-state index contributed by atoms with van der Waals surface area (Å²) >= 11 is 6.23. The topological polar surface area (TPSA) is 49.4 Å². The number of nitrogens with zero attached hydrogens (tertiary/aromatic N) is 1. The van der Waals surface area contributed by atoms with Crippen molar-refractivity contribution in [2.24, 2.45) is 0 Å². The summed E-state index contributed by atoms with van der Waals surface area (Å²) in [6.45, 7) is 8.14. The van der Waals surface area contributed by atoms with Crippen molar-refractivity contribution in [3.8, 4) is 0 Å². The summed E-state index contributed by atoms with van der Waals surface area (Å²) in [4.78, 5) is 27.4. The van der Waals surface area contributed by atoms with Crippen LogP contribution in [0.15, 0.2) is 48.5 Å². The average Bonchev–Trinajstić information content (AvgIpc) is 2.68. The Kier molecular flexibility index (Phi) is 8.06. The number of carbonyl (C=O) groups is 2. The van der Waals surface area contributed by atoms with Crippen molar-refractivity contribution in [2.75, 3.05) is 0 Å². The molecule has 2 rings (SSSR count). The smallest absolute Gasteiger partial charge is 0.242 e. The minimum Gasteiger partial charge on any atom is -0.352 e. The lowest BCUT2D eigenvalue weighted by atomic mass is 10.1. The number of rotatable bonds is 8. The molecular formula is C23H29ClN2O2. The monoisotopic (exact) mass is 400 g/mol. The first-order chi connectivity index (χ1) is 13.3. The summed E-state index contributed by atoms with van der Waals surface area (Å²) in [7, 11) is 0. The first kappa shape index (κ1) is 22.0. The lowest BCUT2D eigenvalue weighted by Crippen LogP contribution is -2.49. The van der Waals surface area contributed by atoms with E-state index in [1.807, 2.05) is 63.2 Å². The average molecular weight is 401 g/mol. The molecule has 0 saturated carbocycles. The van der Waals surface area contributed by atoms with Crippen LogP contribution in [-0.2, 0) is 22.6 Å². The number of hydrogen-bond donors (Lipinski definition) is 1. The van der Waals surface area contributed by atoms with E-state index < -0.39 is 6.04 Å². The van der Waals surface area contributed by atoms with E-state index in [-0.39, 0.29) is 24.3 Å². The van der Waals surface area contributed by atoms with Gasteiger partial charge in [0, 0.05) is 17.6 Å². The zero-order valence-electron chi connectivity index (χ0n) is 17.0. The van der Waals surface area contributed by atoms with Gasteiger partial charge in [0.2, 0.25) is 11.8 Å². The van der Waals surface area contributed by atoms with Gasteiger partial charge in [-0.1, -0.05) is 66.6 Å². The van der Waals surface area contributed by atoms with Crippen molar-refractivity contribution in [3.63, 3.8) is 0 Å². The second-order valence-corrected chi connectivity index (χ2v) is 7.68. The highest BCUT2D eigenvalue weighted by atomic mass is 35.5. The van der Waals surface area contributed by atoms with Gasteiger partial charge in [0.05, 0.1) is 6.42 Å². The Morgan fingerprint density at radius 1 is 1.07 bits per heavy atom. The molecule has 5 heteroatoms. The number of carbonyl (C=O) groups excluding carboxylic acids is 2. The molecule has 2 atom stereocenters. The molecule has 0 spiro atoms. The predicted molar refractivity (Wildman–Crippen MR) is 114 cm³/mol. The molecule has 1 N–H and O–H groups in total. The van der Waals surface area contributed by atoms with Crippen LogP contribution in [-0.4, -0.2) is 28.8 Å². The number of nitrogens with one attached hydrogen (secondary N) is 1. The van der Waals surface area contributed by atoms with Crippen LogP contribution >= 0.6 is 11.6 Å². The number of amides is 2. The lowest BCUT2D eigenvalue weighted by Gasteiger charge is -2.30. The van der Waals surface area contributed by atoms with E-state index in [2.05, 4.69) is 5.32 Å². The Hall–Kier alpha value is -2.33. The Balaban J connectivity index is 2.23. The van der Waals surface area contributed by atoms with Crippen LogP contribution in [0.25, 0.3) is 0 Å². The zero-order valence-corrected chi connectivity index (χ0v) is 17.8. The van der Waals surface area contributed by atoms with Gasteiger partial charge < -0.3 is 10.2 Å². The molecule has 0 radical (unpaired) electrons. The Bertz CT molecular complexity index is 805. The van der Waals surface area contributed by atoms with Crippen LogP contribution < -0.4 is 5.32 Å². The van der Waals surface area contributed by atoms with Crippen LogP contribution in [0.4, 0.5) is 0 Å². The first-order valence-corrected chi connectivity index (χ1v) is 10.1. The molecule has 0 saturated heterocycles. The third kappa shape index (κ3) is 6.10. The largest absolute Gasteiger partial charge is 0.352 e. The SMILES string of the molecule is CC[C@H](C)NC(=O)[C@H](C)N(Cc1ccc(C)cc1)C(=O)Cc1ccccc1Cl. The van der Waals surface area contributed by atoms with Gasteiger partial charge in [-0.2, -0.15) is 0 Å². The zero-order chi connectivity index (χ0) is 20.7. The van der Waals surface area contributed by atoms with Crippen LogP contribution in [0.5, 0.6) is 0 Å². The minimum absolute atomic E-state index is 0.0647. The molecule has 0 aliphatic carbocycles. The standard InChI is InChI=1S/C23H29ClN2O2/c1-5-17(3)25-23(28)18(4)26(15-19-12-10-16(2)11-13-19)22(27)14-20-8-6-7-9-21(20)24/h6-13,17-18H,5,14-15H2,1-4H3,(H,25,28)/t17-,18-/m0/s1. The van der Waals surface area contributed by atoms with Gasteiger partial charge in [-0.15, -0.1) is 0 Å². The number of benzene rings is 2. The number of halogens is 1. The number of hydrogen-bond acceptors (Lipinski definition) is 2. The maximum Gasteiger partial charge on any atom is 0.242 e. The van der Waals surface area contributed by atoms with Crippen molar-refractivity contribution in [3.05, 3.63) is 70.2 Å². The van der Waals surface area contributed by atoms with Gasteiger partial charge in [0.15, 0.2) is 0 Å². The number of aryl methyl sites for hydroxylation is 1. The second kappa shape index (κ2) is 10.3. The summed E-state index contributed by atoms with van der Waals surface area (Å²) in [6.07, 6.45) is 0.997. The molecule has 150 valence electrons. The predicted octanol–water partition coefficient (Wildman–Crippen LogP) is 4.52. The van der Waals surface area contributed by atoms with Crippen molar-refractivity contribution in [1.82, 2.24) is 10.2 Å². The maximum atomic E-state index is 13.1. The summed E-state index contributed by atoms with van der Waals surface area (Å²) in [5, 5.41) is 3.53. The fourth-order valence-corrected chi connectivity index (χ4v) is 3.05. The molecule has 0 fully saturated rings. The van der Waals surface area contributed by atoms with E-state index in [0.717, 1.165) is 23.1 Å². The highest BCUT2D eigenvalue weighted by Crippen LogP contribution is 2.18. The summed E-state index contributed by atoms with van der Waals surface area (Å²) in [6, 6.07) is 14.8. The van der Waals surface area contributed by atoms with Gasteiger partial charge in [-0.25, -0.2) is 0 Å². The highest BCUT2D eigenvalue weighted by Gasteiger charge is 2.27. The Labute approximate surface area is 172 Å². The maximum absolute atomic E-state index is 13.1. The van der Waals surface area contributed by atoms with E-state index in [0.29, 0.717) is 11.6 Å². The molecule has 0 heterocycles. The molecule has 0 unspecified atom stereocenters. The molecule has 0 bridgehead atoms. The molecule has 28 heavy (non-hydrogen) atoms. The van der Waals surface area contributed by atoms with E-state index in [1.165, 1.54) is 0 Å². The fourth-order valence-electron chi connectivity index (χ4n) is 2.84. The summed E-state index contributed by atoms with van der Waals surface area (Å²) < 4.78 is 0. The summed E-state index contributed by atoms with van der Waals surface area (Å²) in [5.41, 5.74) is 2.90. The Morgan fingerprint density at radius 3 is 2.32 bits per heavy atom. The van der Waals surface area contributed by atoms with Crippen LogP contribution in [0.3, 0.4) is 0 Å². The molecule has 2 aromatic carbocycles. The normalized spacial score (nSPS) is 12.9. The summed E-state index contributed by atoms with van der Waals surface area (Å²) in [5.74, 6) is -0.269. The van der Waals surface area contributed by atoms with Crippen molar-refractivity contribution in [1.29, 1.82) is 0 Å². The van der Waals surface area contributed by atoms with Crippen molar-refractivity contribution < 1.29 is 9.59 Å². The van der Waals surface area contributed by atoms with Crippen molar-refractivity contribution in [2.45, 2.75) is 59.2 Å². The molecular weight excluding hydrogens is 372 g/mol. The van der Waals surface area contributed by atoms with E-state index in [1.54, 1.807) is 17.9 Å². The van der Waals surface area contributed by atoms with E-state index >= 15 is 0 Å². The minimum atomic E-state index is -0.578. The second-order valence-electron chi connectivity index (χ2n) is 7.27. The lowest BCUT2D eigenvalue weighted by molar-refractivity contribution is -0.140. The molecule has 2 aromatic rings. The highest BCUT2D eigenvalue weighted by molar-refractivity contribution is 6.31. The third-order valence-electron chi connectivity index (χ3n) is 4.94.